The lowest BCUT2D eigenvalue weighted by molar-refractivity contribution is -0.137. The molecule has 0 bridgehead atoms. The number of amides is 1. The van der Waals surface area contributed by atoms with Gasteiger partial charge in [-0.1, -0.05) is 5.16 Å². The summed E-state index contributed by atoms with van der Waals surface area (Å²) in [7, 11) is 3.11. The highest BCUT2D eigenvalue weighted by atomic mass is 19.4. The van der Waals surface area contributed by atoms with E-state index in [0.29, 0.717) is 0 Å². The summed E-state index contributed by atoms with van der Waals surface area (Å²) in [4.78, 5) is 18.9. The number of hydrazine groups is 1. The minimum atomic E-state index is -4.60. The maximum atomic E-state index is 12.9. The number of aromatic nitrogens is 3. The van der Waals surface area contributed by atoms with Gasteiger partial charge in [-0.05, 0) is 6.07 Å². The highest BCUT2D eigenvalue weighted by Gasteiger charge is 2.35. The van der Waals surface area contributed by atoms with Crippen LogP contribution in [0.15, 0.2) is 23.0 Å². The van der Waals surface area contributed by atoms with Crippen molar-refractivity contribution in [3.8, 4) is 11.5 Å². The van der Waals surface area contributed by atoms with Crippen molar-refractivity contribution in [2.24, 2.45) is 0 Å². The summed E-state index contributed by atoms with van der Waals surface area (Å²) in [6, 6.07) is 0.791. The predicted octanol–water partition coefficient (Wildman–Crippen LogP) is 1.36. The topological polar surface area (TPSA) is 84.2 Å². The van der Waals surface area contributed by atoms with Gasteiger partial charge in [0.15, 0.2) is 0 Å². The number of halogens is 3. The summed E-state index contributed by atoms with van der Waals surface area (Å²) in [5, 5.41) is 4.69. The lowest BCUT2D eigenvalue weighted by Crippen LogP contribution is -2.36. The van der Waals surface area contributed by atoms with Gasteiger partial charge in [0.05, 0.1) is 11.1 Å². The second kappa shape index (κ2) is 5.48. The molecule has 0 fully saturated rings. The Bertz CT molecular complexity index is 653. The molecule has 21 heavy (non-hydrogen) atoms. The monoisotopic (exact) mass is 301 g/mol. The van der Waals surface area contributed by atoms with Crippen molar-refractivity contribution in [2.45, 2.75) is 6.18 Å². The Hall–Kier alpha value is -2.49. The first-order valence-corrected chi connectivity index (χ1v) is 5.62. The van der Waals surface area contributed by atoms with E-state index in [0.717, 1.165) is 18.5 Å². The molecule has 0 atom stereocenters. The summed E-state index contributed by atoms with van der Waals surface area (Å²) in [5.74, 6) is -1.51. The van der Waals surface area contributed by atoms with Crippen molar-refractivity contribution >= 4 is 5.91 Å². The van der Waals surface area contributed by atoms with Crippen molar-refractivity contribution in [2.75, 3.05) is 14.1 Å². The quantitative estimate of drug-likeness (QED) is 0.862. The molecule has 0 aliphatic heterocycles. The van der Waals surface area contributed by atoms with Crippen LogP contribution < -0.4 is 5.43 Å². The molecule has 0 aliphatic rings. The molecule has 0 radical (unpaired) electrons. The molecule has 0 aromatic carbocycles. The van der Waals surface area contributed by atoms with Crippen molar-refractivity contribution in [1.82, 2.24) is 25.6 Å². The van der Waals surface area contributed by atoms with Crippen LogP contribution in [0, 0.1) is 0 Å². The molecular weight excluding hydrogens is 291 g/mol. The van der Waals surface area contributed by atoms with Crippen LogP contribution in [-0.4, -0.2) is 40.1 Å². The first kappa shape index (κ1) is 14.9. The second-order valence-electron chi connectivity index (χ2n) is 4.18. The Kier molecular flexibility index (Phi) is 3.89. The van der Waals surface area contributed by atoms with Crippen LogP contribution in [0.25, 0.3) is 11.5 Å². The van der Waals surface area contributed by atoms with Crippen LogP contribution in [-0.2, 0) is 6.18 Å². The van der Waals surface area contributed by atoms with Crippen LogP contribution in [0.3, 0.4) is 0 Å². The van der Waals surface area contributed by atoms with Gasteiger partial charge in [-0.15, -0.1) is 0 Å². The van der Waals surface area contributed by atoms with Gasteiger partial charge in [0.2, 0.25) is 0 Å². The number of hydrogen-bond acceptors (Lipinski definition) is 6. The number of carbonyl (C=O) groups excluding carboxylic acids is 1. The van der Waals surface area contributed by atoms with E-state index in [2.05, 4.69) is 20.6 Å². The summed E-state index contributed by atoms with van der Waals surface area (Å²) >= 11 is 0. The summed E-state index contributed by atoms with van der Waals surface area (Å²) in [5.41, 5.74) is 0.981. The normalized spacial score (nSPS) is 11.7. The fourth-order valence-corrected chi connectivity index (χ4v) is 1.49. The third-order valence-corrected chi connectivity index (χ3v) is 2.31. The molecule has 7 nitrogen and oxygen atoms in total. The Balaban J connectivity index is 2.37. The summed E-state index contributed by atoms with van der Waals surface area (Å²) < 4.78 is 43.3. The zero-order chi connectivity index (χ0) is 15.6. The van der Waals surface area contributed by atoms with Gasteiger partial charge in [-0.2, -0.15) is 18.2 Å². The molecular formula is C11H10F3N5O2. The average Bonchev–Trinajstić information content (AvgIpc) is 2.86. The van der Waals surface area contributed by atoms with E-state index in [-0.39, 0.29) is 11.4 Å². The Labute approximate surface area is 116 Å². The average molecular weight is 301 g/mol. The van der Waals surface area contributed by atoms with Gasteiger partial charge in [0.1, 0.15) is 0 Å². The number of nitrogens with one attached hydrogen (secondary N) is 1. The molecule has 0 saturated carbocycles. The van der Waals surface area contributed by atoms with E-state index < -0.39 is 23.5 Å². The Morgan fingerprint density at radius 3 is 2.71 bits per heavy atom. The zero-order valence-corrected chi connectivity index (χ0v) is 11.0. The van der Waals surface area contributed by atoms with Crippen molar-refractivity contribution in [3.63, 3.8) is 0 Å². The van der Waals surface area contributed by atoms with Crippen molar-refractivity contribution in [3.05, 3.63) is 29.8 Å². The van der Waals surface area contributed by atoms with E-state index in [1.165, 1.54) is 5.01 Å². The van der Waals surface area contributed by atoms with Gasteiger partial charge in [0.25, 0.3) is 11.7 Å². The predicted molar refractivity (Wildman–Crippen MR) is 63.7 cm³/mol. The highest BCUT2D eigenvalue weighted by Crippen LogP contribution is 2.35. The van der Waals surface area contributed by atoms with Crippen LogP contribution in [0.2, 0.25) is 0 Å². The Morgan fingerprint density at radius 1 is 1.38 bits per heavy atom. The highest BCUT2D eigenvalue weighted by molar-refractivity contribution is 5.90. The van der Waals surface area contributed by atoms with E-state index in [4.69, 9.17) is 4.52 Å². The smallest absolute Gasteiger partial charge is 0.333 e. The minimum absolute atomic E-state index is 0.379. The molecule has 0 saturated heterocycles. The van der Waals surface area contributed by atoms with Gasteiger partial charge in [0, 0.05) is 26.5 Å². The van der Waals surface area contributed by atoms with E-state index in [1.807, 2.05) is 0 Å². The standard InChI is InChI=1S/C11H10F3N5O2/c1-19(2)17-9(20)8-16-10(21-18-8)6-5-15-4-3-7(6)11(12,13)14/h3-5H,1-2H3,(H,17,20). The molecule has 112 valence electrons. The largest absolute Gasteiger partial charge is 0.417 e. The molecule has 2 aromatic rings. The third kappa shape index (κ3) is 3.34. The summed E-state index contributed by atoms with van der Waals surface area (Å²) in [6.07, 6.45) is -2.65. The second-order valence-corrected chi connectivity index (χ2v) is 4.18. The molecule has 2 aromatic heterocycles. The SMILES string of the molecule is CN(C)NC(=O)c1noc(-c2cnccc2C(F)(F)F)n1. The van der Waals surface area contributed by atoms with Crippen LogP contribution in [0.5, 0.6) is 0 Å². The number of rotatable bonds is 3. The molecule has 2 rings (SSSR count). The number of nitrogens with zero attached hydrogens (tertiary/aromatic N) is 4. The molecule has 0 aliphatic carbocycles. The van der Waals surface area contributed by atoms with Gasteiger partial charge in [-0.3, -0.25) is 15.2 Å². The maximum absolute atomic E-state index is 12.9. The van der Waals surface area contributed by atoms with Gasteiger partial charge < -0.3 is 4.52 Å². The first-order chi connectivity index (χ1) is 9.79. The van der Waals surface area contributed by atoms with Crippen LogP contribution >= 0.6 is 0 Å². The molecule has 1 amide bonds. The van der Waals surface area contributed by atoms with Gasteiger partial charge in [-0.25, -0.2) is 5.01 Å². The van der Waals surface area contributed by atoms with E-state index >= 15 is 0 Å². The lowest BCUT2D eigenvalue weighted by Gasteiger charge is -2.09. The molecule has 10 heteroatoms. The summed E-state index contributed by atoms with van der Waals surface area (Å²) in [6.45, 7) is 0. The molecule has 1 N–H and O–H groups in total. The van der Waals surface area contributed by atoms with Crippen LogP contribution in [0.4, 0.5) is 13.2 Å². The number of alkyl halides is 3. The van der Waals surface area contributed by atoms with E-state index in [9.17, 15) is 18.0 Å². The Morgan fingerprint density at radius 2 is 2.10 bits per heavy atom. The number of carbonyl (C=O) groups is 1. The molecule has 0 unspecified atom stereocenters. The lowest BCUT2D eigenvalue weighted by atomic mass is 10.1. The number of pyridine rings is 1. The number of hydrogen-bond donors (Lipinski definition) is 1. The van der Waals surface area contributed by atoms with Crippen LogP contribution in [0.1, 0.15) is 16.2 Å². The van der Waals surface area contributed by atoms with Crippen molar-refractivity contribution in [1.29, 1.82) is 0 Å². The van der Waals surface area contributed by atoms with Gasteiger partial charge >= 0.3 is 12.1 Å². The zero-order valence-electron chi connectivity index (χ0n) is 11.0. The third-order valence-electron chi connectivity index (χ3n) is 2.31. The molecule has 2 heterocycles. The molecule has 0 spiro atoms. The van der Waals surface area contributed by atoms with E-state index in [1.54, 1.807) is 14.1 Å². The fraction of sp³-hybridized carbons (Fsp3) is 0.273. The fourth-order valence-electron chi connectivity index (χ4n) is 1.49. The minimum Gasteiger partial charge on any atom is -0.333 e. The first-order valence-electron chi connectivity index (χ1n) is 5.62. The van der Waals surface area contributed by atoms with Crippen molar-refractivity contribution < 1.29 is 22.5 Å². The maximum Gasteiger partial charge on any atom is 0.417 e.